The van der Waals surface area contributed by atoms with Crippen LogP contribution in [0.4, 0.5) is 5.82 Å². The minimum atomic E-state index is 0.528. The lowest BCUT2D eigenvalue weighted by molar-refractivity contribution is 0.391. The maximum atomic E-state index is 6.03. The first-order chi connectivity index (χ1) is 11.8. The summed E-state index contributed by atoms with van der Waals surface area (Å²) in [6.07, 6.45) is 5.75. The Hall–Kier alpha value is -2.31. The molecule has 6 nitrogen and oxygen atoms in total. The van der Waals surface area contributed by atoms with Gasteiger partial charge in [0.05, 0.1) is 18.1 Å². The predicted molar refractivity (Wildman–Crippen MR) is 94.5 cm³/mol. The highest BCUT2D eigenvalue weighted by Crippen LogP contribution is 2.16. The molecule has 0 aliphatic carbocycles. The molecule has 0 saturated heterocycles. The quantitative estimate of drug-likeness (QED) is 0.748. The molecule has 3 heterocycles. The van der Waals surface area contributed by atoms with Gasteiger partial charge in [-0.25, -0.2) is 9.36 Å². The van der Waals surface area contributed by atoms with E-state index in [1.165, 1.54) is 0 Å². The summed E-state index contributed by atoms with van der Waals surface area (Å²) < 4.78 is 3.87. The lowest BCUT2D eigenvalue weighted by Crippen LogP contribution is -2.35. The highest BCUT2D eigenvalue weighted by molar-refractivity contribution is 6.30. The average molecular weight is 343 g/mol. The lowest BCUT2D eigenvalue weighted by Gasteiger charge is -2.25. The van der Waals surface area contributed by atoms with E-state index in [4.69, 9.17) is 11.6 Å². The largest absolute Gasteiger partial charge is 0.370 e. The zero-order valence-electron chi connectivity index (χ0n) is 13.2. The Balaban J connectivity index is 1.31. The summed E-state index contributed by atoms with van der Waals surface area (Å²) in [6, 6.07) is 9.69. The van der Waals surface area contributed by atoms with Crippen LogP contribution in [-0.2, 0) is 13.1 Å². The summed E-state index contributed by atoms with van der Waals surface area (Å²) in [5, 5.41) is 16.4. The van der Waals surface area contributed by atoms with E-state index >= 15 is 0 Å². The van der Waals surface area contributed by atoms with Crippen LogP contribution in [0.3, 0.4) is 0 Å². The van der Waals surface area contributed by atoms with Crippen LogP contribution in [0.15, 0.2) is 48.9 Å². The number of benzene rings is 1. The standard InChI is InChI=1S/C17H19ClN6/c18-15-2-1-3-16(6-15)23-11-14(10-22-23)8-19-7-13-9-20-17-4-5-21-24(17)12-13/h1-6,10-11,13,19-20H,7-9,12H2. The Morgan fingerprint density at radius 1 is 1.29 bits per heavy atom. The van der Waals surface area contributed by atoms with Crippen molar-refractivity contribution in [3.63, 3.8) is 0 Å². The van der Waals surface area contributed by atoms with Gasteiger partial charge in [0.1, 0.15) is 5.82 Å². The maximum Gasteiger partial charge on any atom is 0.124 e. The molecule has 7 heteroatoms. The van der Waals surface area contributed by atoms with Crippen molar-refractivity contribution in [2.24, 2.45) is 5.92 Å². The van der Waals surface area contributed by atoms with Crippen LogP contribution in [0.2, 0.25) is 5.02 Å². The van der Waals surface area contributed by atoms with Crippen LogP contribution in [0.5, 0.6) is 0 Å². The molecular weight excluding hydrogens is 324 g/mol. The molecule has 4 rings (SSSR count). The van der Waals surface area contributed by atoms with Gasteiger partial charge < -0.3 is 10.6 Å². The summed E-state index contributed by atoms with van der Waals surface area (Å²) in [6.45, 7) is 3.66. The number of aromatic nitrogens is 4. The van der Waals surface area contributed by atoms with E-state index in [0.29, 0.717) is 10.9 Å². The Morgan fingerprint density at radius 3 is 3.17 bits per heavy atom. The third-order valence-corrected chi connectivity index (χ3v) is 4.43. The van der Waals surface area contributed by atoms with Crippen LogP contribution in [-0.4, -0.2) is 32.7 Å². The summed E-state index contributed by atoms with van der Waals surface area (Å²) in [5.41, 5.74) is 2.12. The van der Waals surface area contributed by atoms with Gasteiger partial charge in [-0.05, 0) is 18.2 Å². The van der Waals surface area contributed by atoms with E-state index in [1.807, 2.05) is 58.3 Å². The first-order valence-corrected chi connectivity index (χ1v) is 8.41. The van der Waals surface area contributed by atoms with E-state index in [1.54, 1.807) is 0 Å². The Kier molecular flexibility index (Phi) is 4.23. The van der Waals surface area contributed by atoms with Gasteiger partial charge in [0.25, 0.3) is 0 Å². The monoisotopic (exact) mass is 342 g/mol. The molecule has 0 bridgehead atoms. The number of anilines is 1. The predicted octanol–water partition coefficient (Wildman–Crippen LogP) is 2.55. The molecule has 0 saturated carbocycles. The number of nitrogens with zero attached hydrogens (tertiary/aromatic N) is 4. The number of nitrogens with one attached hydrogen (secondary N) is 2. The second-order valence-corrected chi connectivity index (χ2v) is 6.49. The number of hydrogen-bond donors (Lipinski definition) is 2. The number of halogens is 1. The normalized spacial score (nSPS) is 16.6. The molecule has 0 spiro atoms. The maximum absolute atomic E-state index is 6.03. The van der Waals surface area contributed by atoms with Crippen molar-refractivity contribution in [1.82, 2.24) is 24.9 Å². The Bertz CT molecular complexity index is 824. The van der Waals surface area contributed by atoms with Crippen molar-refractivity contribution in [3.05, 3.63) is 59.5 Å². The van der Waals surface area contributed by atoms with E-state index in [2.05, 4.69) is 20.8 Å². The molecule has 0 fully saturated rings. The third kappa shape index (κ3) is 3.29. The van der Waals surface area contributed by atoms with Crippen LogP contribution < -0.4 is 10.6 Å². The minimum absolute atomic E-state index is 0.528. The molecule has 3 aromatic rings. The summed E-state index contributed by atoms with van der Waals surface area (Å²) in [5.74, 6) is 1.63. The molecule has 24 heavy (non-hydrogen) atoms. The van der Waals surface area contributed by atoms with Crippen LogP contribution in [0.1, 0.15) is 5.56 Å². The molecule has 1 aromatic carbocycles. The van der Waals surface area contributed by atoms with Crippen LogP contribution in [0, 0.1) is 5.92 Å². The van der Waals surface area contributed by atoms with Crippen molar-refractivity contribution in [3.8, 4) is 5.69 Å². The molecule has 1 unspecified atom stereocenters. The fourth-order valence-corrected chi connectivity index (χ4v) is 3.14. The van der Waals surface area contributed by atoms with Crippen molar-refractivity contribution < 1.29 is 0 Å². The summed E-state index contributed by atoms with van der Waals surface area (Å²) in [7, 11) is 0. The van der Waals surface area contributed by atoms with E-state index in [0.717, 1.165) is 43.2 Å². The van der Waals surface area contributed by atoms with Gasteiger partial charge in [0, 0.05) is 54.9 Å². The van der Waals surface area contributed by atoms with E-state index in [-0.39, 0.29) is 0 Å². The number of fused-ring (bicyclic) bond motifs is 1. The van der Waals surface area contributed by atoms with E-state index < -0.39 is 0 Å². The minimum Gasteiger partial charge on any atom is -0.370 e. The Labute approximate surface area is 145 Å². The van der Waals surface area contributed by atoms with Gasteiger partial charge in [-0.2, -0.15) is 10.2 Å². The molecular formula is C17H19ClN6. The van der Waals surface area contributed by atoms with E-state index in [9.17, 15) is 0 Å². The zero-order valence-corrected chi connectivity index (χ0v) is 13.9. The van der Waals surface area contributed by atoms with Crippen LogP contribution >= 0.6 is 11.6 Å². The molecule has 1 atom stereocenters. The van der Waals surface area contributed by atoms with Gasteiger partial charge in [0.2, 0.25) is 0 Å². The summed E-state index contributed by atoms with van der Waals surface area (Å²) in [4.78, 5) is 0. The zero-order chi connectivity index (χ0) is 16.4. The van der Waals surface area contributed by atoms with Gasteiger partial charge in [-0.3, -0.25) is 0 Å². The molecule has 0 amide bonds. The number of hydrogen-bond acceptors (Lipinski definition) is 4. The van der Waals surface area contributed by atoms with Crippen LogP contribution in [0.25, 0.3) is 5.69 Å². The third-order valence-electron chi connectivity index (χ3n) is 4.19. The average Bonchev–Trinajstić information content (AvgIpc) is 3.23. The van der Waals surface area contributed by atoms with Crippen molar-refractivity contribution in [2.75, 3.05) is 18.4 Å². The fourth-order valence-electron chi connectivity index (χ4n) is 2.95. The second kappa shape index (κ2) is 6.67. The molecule has 124 valence electrons. The summed E-state index contributed by atoms with van der Waals surface area (Å²) >= 11 is 6.03. The van der Waals surface area contributed by atoms with Gasteiger partial charge in [-0.15, -0.1) is 0 Å². The first-order valence-electron chi connectivity index (χ1n) is 8.04. The molecule has 1 aliphatic heterocycles. The SMILES string of the molecule is Clc1cccc(-n2cc(CNCC3CNc4ccnn4C3)cn2)c1. The van der Waals surface area contributed by atoms with Gasteiger partial charge in [-0.1, -0.05) is 17.7 Å². The van der Waals surface area contributed by atoms with Crippen molar-refractivity contribution in [2.45, 2.75) is 13.1 Å². The van der Waals surface area contributed by atoms with Crippen molar-refractivity contribution >= 4 is 17.4 Å². The first kappa shape index (κ1) is 15.2. The smallest absolute Gasteiger partial charge is 0.124 e. The highest BCUT2D eigenvalue weighted by atomic mass is 35.5. The van der Waals surface area contributed by atoms with Crippen molar-refractivity contribution in [1.29, 1.82) is 0 Å². The Morgan fingerprint density at radius 2 is 2.25 bits per heavy atom. The highest BCUT2D eigenvalue weighted by Gasteiger charge is 2.17. The molecule has 2 N–H and O–H groups in total. The van der Waals surface area contributed by atoms with Gasteiger partial charge in [0.15, 0.2) is 0 Å². The lowest BCUT2D eigenvalue weighted by atomic mass is 10.1. The molecule has 1 aliphatic rings. The topological polar surface area (TPSA) is 59.7 Å². The fraction of sp³-hybridized carbons (Fsp3) is 0.294. The number of rotatable bonds is 5. The second-order valence-electron chi connectivity index (χ2n) is 6.05. The molecule has 0 radical (unpaired) electrons. The van der Waals surface area contributed by atoms with Gasteiger partial charge >= 0.3 is 0 Å². The molecule has 2 aromatic heterocycles.